The van der Waals surface area contributed by atoms with Crippen LogP contribution in [0.15, 0.2) is 35.4 Å². The first-order valence-corrected chi connectivity index (χ1v) is 8.56. The minimum atomic E-state index is -0.879. The highest BCUT2D eigenvalue weighted by Crippen LogP contribution is 2.32. The van der Waals surface area contributed by atoms with Crippen LogP contribution in [0.4, 0.5) is 0 Å². The molecule has 1 aliphatic heterocycles. The van der Waals surface area contributed by atoms with Gasteiger partial charge in [-0.3, -0.25) is 0 Å². The van der Waals surface area contributed by atoms with E-state index >= 15 is 0 Å². The largest absolute Gasteiger partial charge is 0.390 e. The highest BCUT2D eigenvalue weighted by molar-refractivity contribution is 7.99. The van der Waals surface area contributed by atoms with Gasteiger partial charge in [0.05, 0.1) is 18.8 Å². The van der Waals surface area contributed by atoms with E-state index in [-0.39, 0.29) is 11.5 Å². The lowest BCUT2D eigenvalue weighted by atomic mass is 9.96. The van der Waals surface area contributed by atoms with Gasteiger partial charge in [-0.1, -0.05) is 42.4 Å². The Morgan fingerprint density at radius 2 is 2.14 bits per heavy atom. The normalized spacial score (nSPS) is 31.5. The minimum absolute atomic E-state index is 0.221. The van der Waals surface area contributed by atoms with Gasteiger partial charge in [-0.25, -0.2) is 0 Å². The fraction of sp³-hybridized carbons (Fsp3) is 0.600. The summed E-state index contributed by atoms with van der Waals surface area (Å²) in [7, 11) is 0. The van der Waals surface area contributed by atoms with E-state index in [1.165, 1.54) is 11.8 Å². The van der Waals surface area contributed by atoms with Crippen molar-refractivity contribution >= 4 is 11.8 Å². The Balaban J connectivity index is 2.10. The number of hydrogen-bond acceptors (Lipinski definition) is 5. The summed E-state index contributed by atoms with van der Waals surface area (Å²) < 4.78 is 11.8. The van der Waals surface area contributed by atoms with Gasteiger partial charge >= 0.3 is 0 Å². The third-order valence-corrected chi connectivity index (χ3v) is 4.60. The summed E-state index contributed by atoms with van der Waals surface area (Å²) >= 11 is 1.43. The molecule has 5 atom stereocenters. The Hall–Kier alpha value is -1.24. The molecule has 0 aromatic heterocycles. The molecule has 0 aliphatic carbocycles. The standard InChI is InChI=1S/C15H21N3O3S/c1-3-11-14(20-9-10-7-5-4-6-8-10)13(19)12(17-18-16)15(21-11)22-2/h4-8,11-15,19H,3,9H2,1-2H3/t11?,12-,13+,14-,15?/m0/s1. The predicted molar refractivity (Wildman–Crippen MR) is 86.4 cm³/mol. The summed E-state index contributed by atoms with van der Waals surface area (Å²) in [5, 5.41) is 14.3. The van der Waals surface area contributed by atoms with Crippen LogP contribution >= 0.6 is 11.8 Å². The zero-order valence-corrected chi connectivity index (χ0v) is 13.5. The van der Waals surface area contributed by atoms with Crippen LogP contribution in [0.1, 0.15) is 18.9 Å². The summed E-state index contributed by atoms with van der Waals surface area (Å²) in [5.41, 5.74) is 9.38. The number of rotatable bonds is 6. The number of azide groups is 1. The second kappa shape index (κ2) is 8.41. The van der Waals surface area contributed by atoms with Gasteiger partial charge in [0.2, 0.25) is 0 Å². The summed E-state index contributed by atoms with van der Waals surface area (Å²) in [6, 6.07) is 9.10. The summed E-state index contributed by atoms with van der Waals surface area (Å²) in [5.74, 6) is 0. The number of hydrogen-bond donors (Lipinski definition) is 1. The molecule has 120 valence electrons. The van der Waals surface area contributed by atoms with Crippen LogP contribution in [0.2, 0.25) is 0 Å². The summed E-state index contributed by atoms with van der Waals surface area (Å²) in [4.78, 5) is 2.83. The van der Waals surface area contributed by atoms with Crippen molar-refractivity contribution in [3.05, 3.63) is 46.3 Å². The molecule has 1 aromatic carbocycles. The summed E-state index contributed by atoms with van der Waals surface area (Å²) in [6.07, 6.45) is 0.979. The molecule has 0 saturated carbocycles. The van der Waals surface area contributed by atoms with E-state index in [2.05, 4.69) is 10.0 Å². The molecule has 1 fully saturated rings. The quantitative estimate of drug-likeness (QED) is 0.495. The maximum absolute atomic E-state index is 10.6. The summed E-state index contributed by atoms with van der Waals surface area (Å²) in [6.45, 7) is 2.37. The van der Waals surface area contributed by atoms with Gasteiger partial charge in [-0.05, 0) is 23.8 Å². The van der Waals surface area contributed by atoms with E-state index in [0.29, 0.717) is 6.61 Å². The molecular weight excluding hydrogens is 302 g/mol. The first-order chi connectivity index (χ1) is 10.7. The fourth-order valence-electron chi connectivity index (χ4n) is 2.58. The average Bonchev–Trinajstić information content (AvgIpc) is 2.56. The number of aliphatic hydroxyl groups is 1. The Bertz CT molecular complexity index is 510. The first-order valence-electron chi connectivity index (χ1n) is 7.27. The molecule has 1 heterocycles. The van der Waals surface area contributed by atoms with Crippen LogP contribution in [0, 0.1) is 0 Å². The molecule has 7 heteroatoms. The molecule has 1 saturated heterocycles. The molecule has 2 rings (SSSR count). The van der Waals surface area contributed by atoms with Gasteiger partial charge in [0.1, 0.15) is 17.6 Å². The first kappa shape index (κ1) is 17.1. The Morgan fingerprint density at radius 3 is 2.73 bits per heavy atom. The van der Waals surface area contributed by atoms with Crippen LogP contribution in [-0.4, -0.2) is 41.2 Å². The van der Waals surface area contributed by atoms with Crippen molar-refractivity contribution in [1.29, 1.82) is 0 Å². The van der Waals surface area contributed by atoms with Crippen molar-refractivity contribution in [3.63, 3.8) is 0 Å². The van der Waals surface area contributed by atoms with Gasteiger partial charge < -0.3 is 14.6 Å². The highest BCUT2D eigenvalue weighted by atomic mass is 32.2. The van der Waals surface area contributed by atoms with Crippen LogP contribution in [0.25, 0.3) is 10.4 Å². The van der Waals surface area contributed by atoms with Gasteiger partial charge in [0.25, 0.3) is 0 Å². The lowest BCUT2D eigenvalue weighted by Crippen LogP contribution is -2.56. The second-order valence-electron chi connectivity index (χ2n) is 5.13. The molecule has 0 amide bonds. The van der Waals surface area contributed by atoms with Crippen molar-refractivity contribution < 1.29 is 14.6 Å². The predicted octanol–water partition coefficient (Wildman–Crippen LogP) is 3.11. The smallest absolute Gasteiger partial charge is 0.114 e. The van der Waals surface area contributed by atoms with Crippen molar-refractivity contribution in [1.82, 2.24) is 0 Å². The Kier molecular flexibility index (Phi) is 6.54. The maximum Gasteiger partial charge on any atom is 0.114 e. The molecule has 1 aliphatic rings. The molecule has 0 radical (unpaired) electrons. The van der Waals surface area contributed by atoms with Crippen molar-refractivity contribution in [2.75, 3.05) is 6.26 Å². The van der Waals surface area contributed by atoms with Crippen molar-refractivity contribution in [3.8, 4) is 0 Å². The molecule has 1 aromatic rings. The van der Waals surface area contributed by atoms with E-state index in [9.17, 15) is 5.11 Å². The van der Waals surface area contributed by atoms with Crippen LogP contribution in [-0.2, 0) is 16.1 Å². The van der Waals surface area contributed by atoms with Gasteiger partial charge in [0, 0.05) is 4.91 Å². The number of benzene rings is 1. The minimum Gasteiger partial charge on any atom is -0.390 e. The van der Waals surface area contributed by atoms with E-state index in [1.807, 2.05) is 43.5 Å². The van der Waals surface area contributed by atoms with E-state index in [1.54, 1.807) is 0 Å². The third-order valence-electron chi connectivity index (χ3n) is 3.75. The molecule has 2 unspecified atom stereocenters. The zero-order chi connectivity index (χ0) is 15.9. The average molecular weight is 323 g/mol. The molecule has 0 spiro atoms. The molecule has 6 nitrogen and oxygen atoms in total. The van der Waals surface area contributed by atoms with Crippen LogP contribution in [0.5, 0.6) is 0 Å². The van der Waals surface area contributed by atoms with Crippen molar-refractivity contribution in [2.45, 2.75) is 49.7 Å². The van der Waals surface area contributed by atoms with E-state index in [0.717, 1.165) is 12.0 Å². The van der Waals surface area contributed by atoms with E-state index in [4.69, 9.17) is 15.0 Å². The van der Waals surface area contributed by atoms with E-state index < -0.39 is 18.2 Å². The number of thioether (sulfide) groups is 1. The lowest BCUT2D eigenvalue weighted by molar-refractivity contribution is -0.180. The van der Waals surface area contributed by atoms with Gasteiger partial charge in [0.15, 0.2) is 0 Å². The van der Waals surface area contributed by atoms with Gasteiger partial charge in [-0.2, -0.15) is 0 Å². The molecule has 1 N–H and O–H groups in total. The Morgan fingerprint density at radius 1 is 1.41 bits per heavy atom. The fourth-order valence-corrected chi connectivity index (χ4v) is 3.33. The number of ether oxygens (including phenoxy) is 2. The van der Waals surface area contributed by atoms with Crippen molar-refractivity contribution in [2.24, 2.45) is 5.11 Å². The molecule has 0 bridgehead atoms. The Labute approximate surface area is 134 Å². The third kappa shape index (κ3) is 3.94. The maximum atomic E-state index is 10.6. The lowest BCUT2D eigenvalue weighted by Gasteiger charge is -2.42. The molecular formula is C15H21N3O3S. The van der Waals surface area contributed by atoms with Gasteiger partial charge in [-0.15, -0.1) is 11.8 Å². The second-order valence-corrected chi connectivity index (χ2v) is 6.07. The SMILES string of the molecule is CCC1OC(SC)[C@@H](N=[N+]=[N-])[C@@H](O)[C@H]1OCc1ccccc1. The van der Waals surface area contributed by atoms with Crippen LogP contribution < -0.4 is 0 Å². The highest BCUT2D eigenvalue weighted by Gasteiger charge is 2.44. The topological polar surface area (TPSA) is 87.5 Å². The molecule has 22 heavy (non-hydrogen) atoms. The van der Waals surface area contributed by atoms with Crippen LogP contribution in [0.3, 0.4) is 0 Å². The number of aliphatic hydroxyl groups excluding tert-OH is 1. The zero-order valence-electron chi connectivity index (χ0n) is 12.7. The monoisotopic (exact) mass is 323 g/mol. The number of nitrogens with zero attached hydrogens (tertiary/aromatic N) is 3.